The summed E-state index contributed by atoms with van der Waals surface area (Å²) in [4.78, 5) is 12.1. The van der Waals surface area contributed by atoms with Gasteiger partial charge in [-0.3, -0.25) is 9.10 Å². The van der Waals surface area contributed by atoms with E-state index >= 15 is 0 Å². The van der Waals surface area contributed by atoms with Crippen LogP contribution in [0.25, 0.3) is 0 Å². The molecule has 6 nitrogen and oxygen atoms in total. The summed E-state index contributed by atoms with van der Waals surface area (Å²) in [6.45, 7) is 2.13. The monoisotopic (exact) mass is 408 g/mol. The number of anilines is 1. The van der Waals surface area contributed by atoms with Gasteiger partial charge in [0.05, 0.1) is 11.9 Å². The number of aryl methyl sites for hydroxylation is 1. The van der Waals surface area contributed by atoms with Crippen LogP contribution in [0.3, 0.4) is 0 Å². The summed E-state index contributed by atoms with van der Waals surface area (Å²) in [6, 6.07) is 12.8. The molecule has 0 aliphatic heterocycles. The van der Waals surface area contributed by atoms with E-state index in [1.807, 2.05) is 0 Å². The van der Waals surface area contributed by atoms with Crippen LogP contribution in [0.15, 0.2) is 48.5 Å². The minimum Gasteiger partial charge on any atom is -0.481 e. The highest BCUT2D eigenvalue weighted by molar-refractivity contribution is 7.92. The summed E-state index contributed by atoms with van der Waals surface area (Å²) in [5.41, 5.74) is 1.52. The van der Waals surface area contributed by atoms with Crippen molar-refractivity contribution in [3.63, 3.8) is 0 Å². The largest absolute Gasteiger partial charge is 0.481 e. The molecule has 28 heavy (non-hydrogen) atoms. The van der Waals surface area contributed by atoms with Gasteiger partial charge in [-0.2, -0.15) is 0 Å². The average molecular weight is 408 g/mol. The van der Waals surface area contributed by atoms with Gasteiger partial charge in [-0.25, -0.2) is 12.8 Å². The maximum absolute atomic E-state index is 12.9. The Balaban J connectivity index is 1.77. The van der Waals surface area contributed by atoms with Crippen molar-refractivity contribution in [2.24, 2.45) is 0 Å². The van der Waals surface area contributed by atoms with E-state index in [0.717, 1.165) is 29.0 Å². The minimum atomic E-state index is -3.33. The highest BCUT2D eigenvalue weighted by atomic mass is 32.2. The second-order valence-corrected chi connectivity index (χ2v) is 8.52. The second-order valence-electron chi connectivity index (χ2n) is 6.51. The van der Waals surface area contributed by atoms with Gasteiger partial charge < -0.3 is 10.1 Å². The number of carbonyl (C=O) groups is 1. The minimum absolute atomic E-state index is 0.239. The van der Waals surface area contributed by atoms with Gasteiger partial charge in [0.2, 0.25) is 10.0 Å². The van der Waals surface area contributed by atoms with Crippen molar-refractivity contribution in [3.8, 4) is 5.75 Å². The van der Waals surface area contributed by atoms with Crippen LogP contribution in [-0.4, -0.2) is 40.3 Å². The Morgan fingerprint density at radius 3 is 2.32 bits per heavy atom. The van der Waals surface area contributed by atoms with Crippen LogP contribution in [0.5, 0.6) is 5.75 Å². The van der Waals surface area contributed by atoms with Crippen LogP contribution in [0.1, 0.15) is 18.9 Å². The number of ether oxygens (including phenoxy) is 1. The van der Waals surface area contributed by atoms with E-state index < -0.39 is 16.1 Å². The Hall–Kier alpha value is -2.61. The molecule has 0 saturated carbocycles. The molecule has 0 bridgehead atoms. The van der Waals surface area contributed by atoms with Crippen molar-refractivity contribution < 1.29 is 22.3 Å². The lowest BCUT2D eigenvalue weighted by Crippen LogP contribution is -2.36. The van der Waals surface area contributed by atoms with Crippen LogP contribution >= 0.6 is 0 Å². The lowest BCUT2D eigenvalue weighted by Gasteiger charge is -2.18. The third-order valence-corrected chi connectivity index (χ3v) is 5.44. The number of benzene rings is 2. The molecule has 152 valence electrons. The summed E-state index contributed by atoms with van der Waals surface area (Å²) in [5.74, 6) is -0.0323. The number of rotatable bonds is 9. The fraction of sp³-hybridized carbons (Fsp3) is 0.350. The molecule has 8 heteroatoms. The summed E-state index contributed by atoms with van der Waals surface area (Å²) in [7, 11) is -1.87. The van der Waals surface area contributed by atoms with Gasteiger partial charge in [-0.05, 0) is 61.7 Å². The molecule has 0 heterocycles. The quantitative estimate of drug-likeness (QED) is 0.648. The Bertz CT molecular complexity index is 883. The molecule has 1 N–H and O–H groups in total. The zero-order chi connectivity index (χ0) is 20.7. The molecule has 0 aliphatic rings. The Morgan fingerprint density at radius 2 is 1.75 bits per heavy atom. The van der Waals surface area contributed by atoms with Gasteiger partial charge in [-0.15, -0.1) is 0 Å². The van der Waals surface area contributed by atoms with Crippen molar-refractivity contribution >= 4 is 21.6 Å². The first kappa shape index (κ1) is 21.7. The van der Waals surface area contributed by atoms with Gasteiger partial charge in [0.1, 0.15) is 11.6 Å². The molecule has 0 fully saturated rings. The zero-order valence-electron chi connectivity index (χ0n) is 16.2. The van der Waals surface area contributed by atoms with Crippen molar-refractivity contribution in [3.05, 3.63) is 59.9 Å². The molecular formula is C20H25FN2O4S. The standard InChI is InChI=1S/C20H25FN2O4S/c1-15(20(24)22-14-4-5-16-6-8-17(21)9-7-16)27-19-12-10-18(11-13-19)23(2)28(3,25)26/h6-13,15H,4-5,14H2,1-3H3,(H,22,24). The number of hydrogen-bond donors (Lipinski definition) is 1. The molecular weight excluding hydrogens is 383 g/mol. The number of nitrogens with zero attached hydrogens (tertiary/aromatic N) is 1. The summed E-state index contributed by atoms with van der Waals surface area (Å²) in [5, 5.41) is 2.81. The summed E-state index contributed by atoms with van der Waals surface area (Å²) in [6.07, 6.45) is 1.91. The first-order valence-electron chi connectivity index (χ1n) is 8.89. The summed E-state index contributed by atoms with van der Waals surface area (Å²) < 4.78 is 42.7. The Kier molecular flexibility index (Phi) is 7.39. The maximum Gasteiger partial charge on any atom is 0.260 e. The van der Waals surface area contributed by atoms with Crippen LogP contribution in [0.2, 0.25) is 0 Å². The molecule has 1 unspecified atom stereocenters. The number of nitrogens with one attached hydrogen (secondary N) is 1. The van der Waals surface area contributed by atoms with Gasteiger partial charge >= 0.3 is 0 Å². The predicted octanol–water partition coefficient (Wildman–Crippen LogP) is 2.74. The SMILES string of the molecule is CC(Oc1ccc(N(C)S(C)(=O)=O)cc1)C(=O)NCCCc1ccc(F)cc1. The first-order valence-corrected chi connectivity index (χ1v) is 10.7. The van der Waals surface area contributed by atoms with Gasteiger partial charge in [0.25, 0.3) is 5.91 Å². The lowest BCUT2D eigenvalue weighted by molar-refractivity contribution is -0.127. The topological polar surface area (TPSA) is 75.7 Å². The number of sulfonamides is 1. The van der Waals surface area contributed by atoms with E-state index in [2.05, 4.69) is 5.32 Å². The first-order chi connectivity index (χ1) is 13.2. The van der Waals surface area contributed by atoms with Crippen LogP contribution in [0.4, 0.5) is 10.1 Å². The van der Waals surface area contributed by atoms with E-state index in [1.54, 1.807) is 43.3 Å². The molecule has 0 aromatic heterocycles. The molecule has 0 aliphatic carbocycles. The van der Waals surface area contributed by atoms with Crippen molar-refractivity contribution in [2.75, 3.05) is 24.2 Å². The van der Waals surface area contributed by atoms with E-state index in [-0.39, 0.29) is 11.7 Å². The van der Waals surface area contributed by atoms with E-state index in [1.165, 1.54) is 19.2 Å². The third kappa shape index (κ3) is 6.53. The molecule has 2 aromatic carbocycles. The number of amides is 1. The molecule has 0 radical (unpaired) electrons. The molecule has 1 atom stereocenters. The van der Waals surface area contributed by atoms with Crippen molar-refractivity contribution in [1.29, 1.82) is 0 Å². The smallest absolute Gasteiger partial charge is 0.260 e. The number of hydrogen-bond acceptors (Lipinski definition) is 4. The van der Waals surface area contributed by atoms with Gasteiger partial charge in [0.15, 0.2) is 6.10 Å². The Labute approximate surface area is 165 Å². The van der Waals surface area contributed by atoms with E-state index in [9.17, 15) is 17.6 Å². The fourth-order valence-electron chi connectivity index (χ4n) is 2.48. The highest BCUT2D eigenvalue weighted by Gasteiger charge is 2.15. The fourth-order valence-corrected chi connectivity index (χ4v) is 2.99. The Morgan fingerprint density at radius 1 is 1.14 bits per heavy atom. The molecule has 0 saturated heterocycles. The second kappa shape index (κ2) is 9.54. The highest BCUT2D eigenvalue weighted by Crippen LogP contribution is 2.21. The van der Waals surface area contributed by atoms with Gasteiger partial charge in [0, 0.05) is 13.6 Å². The van der Waals surface area contributed by atoms with E-state index in [4.69, 9.17) is 4.74 Å². The predicted molar refractivity (Wildman–Crippen MR) is 108 cm³/mol. The van der Waals surface area contributed by atoms with Gasteiger partial charge in [-0.1, -0.05) is 12.1 Å². The number of carbonyl (C=O) groups excluding carboxylic acids is 1. The summed E-state index contributed by atoms with van der Waals surface area (Å²) >= 11 is 0. The van der Waals surface area contributed by atoms with E-state index in [0.29, 0.717) is 18.0 Å². The molecule has 0 spiro atoms. The van der Waals surface area contributed by atoms with Crippen molar-refractivity contribution in [1.82, 2.24) is 5.32 Å². The van der Waals surface area contributed by atoms with Crippen LogP contribution in [0, 0.1) is 5.82 Å². The molecule has 2 aromatic rings. The normalized spacial score (nSPS) is 12.3. The zero-order valence-corrected chi connectivity index (χ0v) is 17.0. The maximum atomic E-state index is 12.9. The third-order valence-electron chi connectivity index (χ3n) is 4.23. The van der Waals surface area contributed by atoms with Crippen molar-refractivity contribution in [2.45, 2.75) is 25.9 Å². The average Bonchev–Trinajstić information content (AvgIpc) is 2.65. The lowest BCUT2D eigenvalue weighted by atomic mass is 10.1. The number of halogens is 1. The van der Waals surface area contributed by atoms with Crippen LogP contribution < -0.4 is 14.4 Å². The van der Waals surface area contributed by atoms with Crippen LogP contribution in [-0.2, 0) is 21.2 Å². The molecule has 1 amide bonds. The molecule has 2 rings (SSSR count).